The molecule has 0 radical (unpaired) electrons. The predicted molar refractivity (Wildman–Crippen MR) is 101 cm³/mol. The standard InChI is InChI=1S/C19H25N3O3S/c1-19(2,3)25-18(23)22-10-8-14(9-11-22)13-26(24)17-12-20-15-6-4-5-7-16(15)21-17/h4-7,12,14H,8-11,13H2,1-3H3. The van der Waals surface area contributed by atoms with Gasteiger partial charge in [-0.25, -0.2) is 9.78 Å². The Morgan fingerprint density at radius 3 is 2.54 bits per heavy atom. The number of fused-ring (bicyclic) bond motifs is 1. The Labute approximate surface area is 156 Å². The van der Waals surface area contributed by atoms with Gasteiger partial charge < -0.3 is 9.64 Å². The first-order valence-corrected chi connectivity index (χ1v) is 10.2. The number of hydrogen-bond acceptors (Lipinski definition) is 5. The van der Waals surface area contributed by atoms with E-state index in [0.29, 0.717) is 29.8 Å². The molecule has 1 fully saturated rings. The molecule has 2 heterocycles. The van der Waals surface area contributed by atoms with Gasteiger partial charge in [0.25, 0.3) is 0 Å². The minimum absolute atomic E-state index is 0.266. The van der Waals surface area contributed by atoms with E-state index in [4.69, 9.17) is 4.74 Å². The van der Waals surface area contributed by atoms with Crippen LogP contribution in [-0.2, 0) is 15.5 Å². The zero-order valence-electron chi connectivity index (χ0n) is 15.5. The molecule has 0 N–H and O–H groups in total. The quantitative estimate of drug-likeness (QED) is 0.822. The number of carbonyl (C=O) groups excluding carboxylic acids is 1. The average molecular weight is 375 g/mol. The van der Waals surface area contributed by atoms with Crippen molar-refractivity contribution in [3.63, 3.8) is 0 Å². The van der Waals surface area contributed by atoms with Gasteiger partial charge in [-0.2, -0.15) is 0 Å². The summed E-state index contributed by atoms with van der Waals surface area (Å²) in [5.74, 6) is 0.859. The number of para-hydroxylation sites is 2. The number of piperidine rings is 1. The summed E-state index contributed by atoms with van der Waals surface area (Å²) < 4.78 is 18.1. The molecule has 7 heteroatoms. The van der Waals surface area contributed by atoms with E-state index in [1.54, 1.807) is 11.1 Å². The molecule has 1 aromatic heterocycles. The lowest BCUT2D eigenvalue weighted by Crippen LogP contribution is -2.42. The van der Waals surface area contributed by atoms with Crippen LogP contribution in [0.4, 0.5) is 4.79 Å². The second-order valence-corrected chi connectivity index (χ2v) is 9.06. The largest absolute Gasteiger partial charge is 0.444 e. The number of likely N-dealkylation sites (tertiary alicyclic amines) is 1. The van der Waals surface area contributed by atoms with Crippen LogP contribution in [0, 0.1) is 5.92 Å². The Hall–Kier alpha value is -2.02. The molecule has 1 amide bonds. The summed E-state index contributed by atoms with van der Waals surface area (Å²) in [6.07, 6.45) is 2.99. The fourth-order valence-electron chi connectivity index (χ4n) is 2.96. The highest BCUT2D eigenvalue weighted by molar-refractivity contribution is 7.84. The third-order valence-electron chi connectivity index (χ3n) is 4.31. The topological polar surface area (TPSA) is 72.4 Å². The summed E-state index contributed by atoms with van der Waals surface area (Å²) in [5.41, 5.74) is 1.08. The lowest BCUT2D eigenvalue weighted by atomic mass is 9.99. The second-order valence-electron chi connectivity index (χ2n) is 7.62. The van der Waals surface area contributed by atoms with Gasteiger partial charge in [0.1, 0.15) is 10.6 Å². The lowest BCUT2D eigenvalue weighted by molar-refractivity contribution is 0.0191. The second kappa shape index (κ2) is 7.70. The third kappa shape index (κ3) is 4.78. The van der Waals surface area contributed by atoms with Crippen molar-refractivity contribution in [2.75, 3.05) is 18.8 Å². The molecule has 1 unspecified atom stereocenters. The Kier molecular flexibility index (Phi) is 5.55. The fourth-order valence-corrected chi connectivity index (χ4v) is 4.26. The molecule has 1 aliphatic heterocycles. The van der Waals surface area contributed by atoms with Gasteiger partial charge in [0.15, 0.2) is 0 Å². The van der Waals surface area contributed by atoms with Crippen LogP contribution >= 0.6 is 0 Å². The molecule has 1 aromatic carbocycles. The number of benzene rings is 1. The van der Waals surface area contributed by atoms with Gasteiger partial charge in [-0.15, -0.1) is 0 Å². The number of amides is 1. The minimum Gasteiger partial charge on any atom is -0.444 e. The van der Waals surface area contributed by atoms with E-state index >= 15 is 0 Å². The molecule has 1 saturated heterocycles. The van der Waals surface area contributed by atoms with E-state index in [9.17, 15) is 9.00 Å². The van der Waals surface area contributed by atoms with E-state index < -0.39 is 16.4 Å². The molecule has 2 aromatic rings. The molecule has 3 rings (SSSR count). The number of rotatable bonds is 3. The highest BCUT2D eigenvalue weighted by Gasteiger charge is 2.28. The number of carbonyl (C=O) groups is 1. The van der Waals surface area contributed by atoms with Crippen LogP contribution < -0.4 is 0 Å². The molecule has 0 aliphatic carbocycles. The third-order valence-corrected chi connectivity index (χ3v) is 5.75. The fraction of sp³-hybridized carbons (Fsp3) is 0.526. The van der Waals surface area contributed by atoms with Gasteiger partial charge in [0, 0.05) is 18.8 Å². The van der Waals surface area contributed by atoms with Crippen LogP contribution in [0.3, 0.4) is 0 Å². The molecule has 1 aliphatic rings. The number of hydrogen-bond donors (Lipinski definition) is 0. The van der Waals surface area contributed by atoms with Crippen molar-refractivity contribution in [2.24, 2.45) is 5.92 Å². The van der Waals surface area contributed by atoms with Crippen LogP contribution in [0.2, 0.25) is 0 Å². The van der Waals surface area contributed by atoms with Crippen molar-refractivity contribution < 1.29 is 13.7 Å². The first-order valence-electron chi connectivity index (χ1n) is 8.90. The highest BCUT2D eigenvalue weighted by atomic mass is 32.2. The van der Waals surface area contributed by atoms with E-state index in [1.807, 2.05) is 45.0 Å². The molecular weight excluding hydrogens is 350 g/mol. The average Bonchev–Trinajstić information content (AvgIpc) is 2.60. The zero-order valence-corrected chi connectivity index (χ0v) is 16.3. The molecule has 0 bridgehead atoms. The Morgan fingerprint density at radius 1 is 1.23 bits per heavy atom. The van der Waals surface area contributed by atoms with Gasteiger partial charge in [0.05, 0.1) is 28.0 Å². The summed E-state index contributed by atoms with van der Waals surface area (Å²) in [5, 5.41) is 0.526. The molecule has 1 atom stereocenters. The minimum atomic E-state index is -1.18. The maximum absolute atomic E-state index is 12.7. The van der Waals surface area contributed by atoms with Crippen molar-refractivity contribution in [1.29, 1.82) is 0 Å². The van der Waals surface area contributed by atoms with Gasteiger partial charge in [-0.3, -0.25) is 9.19 Å². The number of ether oxygens (including phenoxy) is 1. The molecule has 0 spiro atoms. The summed E-state index contributed by atoms with van der Waals surface area (Å²) in [7, 11) is -1.18. The maximum atomic E-state index is 12.7. The molecule has 0 saturated carbocycles. The monoisotopic (exact) mass is 375 g/mol. The van der Waals surface area contributed by atoms with Gasteiger partial charge in [0.2, 0.25) is 0 Å². The van der Waals surface area contributed by atoms with Crippen molar-refractivity contribution in [1.82, 2.24) is 14.9 Å². The first-order chi connectivity index (χ1) is 12.3. The van der Waals surface area contributed by atoms with Crippen molar-refractivity contribution in [3.05, 3.63) is 30.5 Å². The summed E-state index contributed by atoms with van der Waals surface area (Å²) in [6.45, 7) is 6.88. The number of aromatic nitrogens is 2. The smallest absolute Gasteiger partial charge is 0.410 e. The molecule has 26 heavy (non-hydrogen) atoms. The zero-order chi connectivity index (χ0) is 18.7. The van der Waals surface area contributed by atoms with Crippen LogP contribution in [-0.4, -0.2) is 49.6 Å². The van der Waals surface area contributed by atoms with Crippen molar-refractivity contribution in [2.45, 2.75) is 44.2 Å². The van der Waals surface area contributed by atoms with E-state index in [1.165, 1.54) is 0 Å². The summed E-state index contributed by atoms with van der Waals surface area (Å²) in [6, 6.07) is 7.58. The lowest BCUT2D eigenvalue weighted by Gasteiger charge is -2.33. The van der Waals surface area contributed by atoms with Gasteiger partial charge >= 0.3 is 6.09 Å². The normalized spacial score (nSPS) is 17.3. The van der Waals surface area contributed by atoms with E-state index in [-0.39, 0.29) is 6.09 Å². The van der Waals surface area contributed by atoms with E-state index in [2.05, 4.69) is 9.97 Å². The predicted octanol–water partition coefficient (Wildman–Crippen LogP) is 3.38. The van der Waals surface area contributed by atoms with Crippen LogP contribution in [0.5, 0.6) is 0 Å². The summed E-state index contributed by atoms with van der Waals surface area (Å²) >= 11 is 0. The van der Waals surface area contributed by atoms with Crippen LogP contribution in [0.15, 0.2) is 35.5 Å². The van der Waals surface area contributed by atoms with Gasteiger partial charge in [-0.05, 0) is 51.7 Å². The molecule has 6 nitrogen and oxygen atoms in total. The van der Waals surface area contributed by atoms with Crippen molar-refractivity contribution >= 4 is 27.9 Å². The summed E-state index contributed by atoms with van der Waals surface area (Å²) in [4.78, 5) is 22.7. The Bertz CT molecular complexity index is 811. The highest BCUT2D eigenvalue weighted by Crippen LogP contribution is 2.22. The Morgan fingerprint density at radius 2 is 1.88 bits per heavy atom. The maximum Gasteiger partial charge on any atom is 0.410 e. The molecular formula is C19H25N3O3S. The van der Waals surface area contributed by atoms with Gasteiger partial charge in [-0.1, -0.05) is 12.1 Å². The van der Waals surface area contributed by atoms with Crippen molar-refractivity contribution in [3.8, 4) is 0 Å². The molecule has 140 valence electrons. The van der Waals surface area contributed by atoms with Crippen LogP contribution in [0.25, 0.3) is 11.0 Å². The first kappa shape index (κ1) is 18.8. The Balaban J connectivity index is 1.55. The van der Waals surface area contributed by atoms with E-state index in [0.717, 1.165) is 23.9 Å². The van der Waals surface area contributed by atoms with Crippen LogP contribution in [0.1, 0.15) is 33.6 Å². The SMILES string of the molecule is CC(C)(C)OC(=O)N1CCC(CS(=O)c2cnc3ccccc3n2)CC1. The number of nitrogens with zero attached hydrogens (tertiary/aromatic N) is 3.